The van der Waals surface area contributed by atoms with E-state index in [1.807, 2.05) is 18.2 Å². The summed E-state index contributed by atoms with van der Waals surface area (Å²) in [7, 11) is 0. The first-order chi connectivity index (χ1) is 28.7. The third kappa shape index (κ3) is 5.14. The largest absolute Gasteiger partial charge is 0.454 e. The molecule has 0 unspecified atom stereocenters. The first-order valence-corrected chi connectivity index (χ1v) is 19.5. The molecule has 0 saturated heterocycles. The minimum Gasteiger partial charge on any atom is -0.454 e. The van der Waals surface area contributed by atoms with Gasteiger partial charge < -0.3 is 8.98 Å². The molecule has 0 aliphatic heterocycles. The van der Waals surface area contributed by atoms with E-state index in [9.17, 15) is 0 Å². The summed E-state index contributed by atoms with van der Waals surface area (Å²) >= 11 is 0. The SMILES string of the molecule is c1ccc(-c2ccc(-c3nc(-c4ccc5ccccc5c4)nc(-c4cccc5oc6c(-n7c8ccccc8c8cc9ccccc9cc87)cccc6c45)n3)cc2)cc1. The Morgan fingerprint density at radius 2 is 0.966 bits per heavy atom. The number of para-hydroxylation sites is 2. The molecule has 12 aromatic rings. The summed E-state index contributed by atoms with van der Waals surface area (Å²) in [5.74, 6) is 1.80. The van der Waals surface area contributed by atoms with Crippen LogP contribution < -0.4 is 0 Å². The molecule has 0 amide bonds. The Hall–Kier alpha value is -7.89. The predicted octanol–water partition coefficient (Wildman–Crippen LogP) is 13.8. The van der Waals surface area contributed by atoms with Crippen LogP contribution in [0, 0.1) is 0 Å². The minimum atomic E-state index is 0.585. The highest BCUT2D eigenvalue weighted by Crippen LogP contribution is 2.42. The molecule has 0 bridgehead atoms. The molecular formula is C53H32N4O. The average Bonchev–Trinajstić information content (AvgIpc) is 3.84. The number of hydrogen-bond acceptors (Lipinski definition) is 4. The number of furan rings is 1. The molecule has 3 aromatic heterocycles. The molecule has 0 radical (unpaired) electrons. The highest BCUT2D eigenvalue weighted by molar-refractivity contribution is 6.17. The molecule has 3 heterocycles. The molecule has 9 aromatic carbocycles. The van der Waals surface area contributed by atoms with Crippen LogP contribution in [0.1, 0.15) is 0 Å². The normalized spacial score (nSPS) is 11.8. The van der Waals surface area contributed by atoms with Gasteiger partial charge in [0, 0.05) is 38.2 Å². The van der Waals surface area contributed by atoms with Gasteiger partial charge in [0.2, 0.25) is 0 Å². The van der Waals surface area contributed by atoms with Crippen LogP contribution in [0.25, 0.3) is 116 Å². The van der Waals surface area contributed by atoms with Crippen LogP contribution in [0.3, 0.4) is 0 Å². The second kappa shape index (κ2) is 12.8. The number of aromatic nitrogens is 4. The van der Waals surface area contributed by atoms with Gasteiger partial charge in [-0.25, -0.2) is 15.0 Å². The van der Waals surface area contributed by atoms with Crippen LogP contribution in [-0.4, -0.2) is 19.5 Å². The van der Waals surface area contributed by atoms with Crippen molar-refractivity contribution in [1.82, 2.24) is 19.5 Å². The summed E-state index contributed by atoms with van der Waals surface area (Å²) in [6.45, 7) is 0. The molecule has 270 valence electrons. The number of rotatable bonds is 5. The summed E-state index contributed by atoms with van der Waals surface area (Å²) in [5, 5.41) is 9.08. The minimum absolute atomic E-state index is 0.585. The smallest absolute Gasteiger partial charge is 0.164 e. The summed E-state index contributed by atoms with van der Waals surface area (Å²) in [4.78, 5) is 15.6. The highest BCUT2D eigenvalue weighted by Gasteiger charge is 2.22. The zero-order valence-electron chi connectivity index (χ0n) is 31.2. The van der Waals surface area contributed by atoms with E-state index >= 15 is 0 Å². The monoisotopic (exact) mass is 740 g/mol. The van der Waals surface area contributed by atoms with E-state index in [0.29, 0.717) is 17.5 Å². The second-order valence-corrected chi connectivity index (χ2v) is 14.8. The molecule has 0 atom stereocenters. The van der Waals surface area contributed by atoms with E-state index in [2.05, 4.69) is 180 Å². The average molecular weight is 741 g/mol. The van der Waals surface area contributed by atoms with Crippen LogP contribution in [-0.2, 0) is 0 Å². The third-order valence-corrected chi connectivity index (χ3v) is 11.4. The van der Waals surface area contributed by atoms with Crippen molar-refractivity contribution in [2.75, 3.05) is 0 Å². The van der Waals surface area contributed by atoms with Crippen LogP contribution in [0.2, 0.25) is 0 Å². The lowest BCUT2D eigenvalue weighted by Gasteiger charge is -2.11. The molecule has 5 heteroatoms. The summed E-state index contributed by atoms with van der Waals surface area (Å²) in [5.41, 5.74) is 9.83. The van der Waals surface area contributed by atoms with Gasteiger partial charge in [-0.3, -0.25) is 0 Å². The van der Waals surface area contributed by atoms with Gasteiger partial charge in [-0.15, -0.1) is 0 Å². The molecule has 0 aliphatic rings. The fraction of sp³-hybridized carbons (Fsp3) is 0. The first-order valence-electron chi connectivity index (χ1n) is 19.5. The molecule has 0 N–H and O–H groups in total. The number of benzene rings is 9. The Morgan fingerprint density at radius 1 is 0.362 bits per heavy atom. The first kappa shape index (κ1) is 32.4. The van der Waals surface area contributed by atoms with Crippen molar-refractivity contribution in [3.63, 3.8) is 0 Å². The van der Waals surface area contributed by atoms with Gasteiger partial charge in [0.25, 0.3) is 0 Å². The van der Waals surface area contributed by atoms with Crippen LogP contribution in [0.15, 0.2) is 199 Å². The van der Waals surface area contributed by atoms with Gasteiger partial charge >= 0.3 is 0 Å². The molecule has 0 saturated carbocycles. The maximum absolute atomic E-state index is 6.90. The van der Waals surface area contributed by atoms with Crippen LogP contribution in [0.4, 0.5) is 0 Å². The zero-order valence-corrected chi connectivity index (χ0v) is 31.2. The van der Waals surface area contributed by atoms with Crippen molar-refractivity contribution in [2.24, 2.45) is 0 Å². The van der Waals surface area contributed by atoms with Crippen molar-refractivity contribution in [3.8, 4) is 51.0 Å². The van der Waals surface area contributed by atoms with E-state index in [1.54, 1.807) is 0 Å². The quantitative estimate of drug-likeness (QED) is 0.176. The Labute approximate surface area is 333 Å². The van der Waals surface area contributed by atoms with E-state index in [-0.39, 0.29) is 0 Å². The Morgan fingerprint density at radius 3 is 1.79 bits per heavy atom. The maximum atomic E-state index is 6.90. The zero-order chi connectivity index (χ0) is 38.2. The lowest BCUT2D eigenvalue weighted by molar-refractivity contribution is 0.666. The van der Waals surface area contributed by atoms with Crippen LogP contribution >= 0.6 is 0 Å². The molecule has 0 aliphatic carbocycles. The highest BCUT2D eigenvalue weighted by atomic mass is 16.3. The molecule has 12 rings (SSSR count). The standard InChI is InChI=1S/C53H32N4O/c1-2-12-33(13-3-1)35-24-27-36(28-25-35)51-54-52(40-29-26-34-14-4-5-15-37(34)30-40)56-53(55-51)43-20-11-23-48-49(43)42-19-10-22-46(50(42)58-48)57-45-21-9-8-18-41(45)44-31-38-16-6-7-17-39(38)32-47(44)57/h1-32H. The van der Waals surface area contributed by atoms with Crippen molar-refractivity contribution >= 4 is 65.3 Å². The summed E-state index contributed by atoms with van der Waals surface area (Å²) < 4.78 is 9.24. The summed E-state index contributed by atoms with van der Waals surface area (Å²) in [6, 6.07) is 68.0. The van der Waals surface area contributed by atoms with Gasteiger partial charge in [0.15, 0.2) is 23.1 Å². The molecule has 0 fully saturated rings. The van der Waals surface area contributed by atoms with Gasteiger partial charge in [0.1, 0.15) is 5.58 Å². The fourth-order valence-corrected chi connectivity index (χ4v) is 8.64. The Balaban J connectivity index is 1.08. The number of fused-ring (bicyclic) bond motifs is 8. The van der Waals surface area contributed by atoms with E-state index < -0.39 is 0 Å². The fourth-order valence-electron chi connectivity index (χ4n) is 8.64. The van der Waals surface area contributed by atoms with Crippen molar-refractivity contribution < 1.29 is 4.42 Å². The van der Waals surface area contributed by atoms with Gasteiger partial charge in [-0.1, -0.05) is 158 Å². The maximum Gasteiger partial charge on any atom is 0.164 e. The molecular weight excluding hydrogens is 709 g/mol. The van der Waals surface area contributed by atoms with E-state index in [1.165, 1.54) is 26.9 Å². The molecule has 58 heavy (non-hydrogen) atoms. The van der Waals surface area contributed by atoms with Gasteiger partial charge in [-0.05, 0) is 69.1 Å². The Bertz CT molecular complexity index is 3560. The lowest BCUT2D eigenvalue weighted by Crippen LogP contribution is -2.00. The van der Waals surface area contributed by atoms with Crippen molar-refractivity contribution in [1.29, 1.82) is 0 Å². The van der Waals surface area contributed by atoms with E-state index in [0.717, 1.165) is 71.9 Å². The second-order valence-electron chi connectivity index (χ2n) is 14.8. The summed E-state index contributed by atoms with van der Waals surface area (Å²) in [6.07, 6.45) is 0. The Kier molecular flexibility index (Phi) is 7.16. The van der Waals surface area contributed by atoms with E-state index in [4.69, 9.17) is 19.4 Å². The number of nitrogens with zero attached hydrogens (tertiary/aromatic N) is 4. The van der Waals surface area contributed by atoms with Crippen LogP contribution in [0.5, 0.6) is 0 Å². The topological polar surface area (TPSA) is 56.7 Å². The van der Waals surface area contributed by atoms with Crippen molar-refractivity contribution in [2.45, 2.75) is 0 Å². The number of hydrogen-bond donors (Lipinski definition) is 0. The van der Waals surface area contributed by atoms with Gasteiger partial charge in [0.05, 0.1) is 16.7 Å². The van der Waals surface area contributed by atoms with Gasteiger partial charge in [-0.2, -0.15) is 0 Å². The predicted molar refractivity (Wildman–Crippen MR) is 238 cm³/mol. The molecule has 0 spiro atoms. The molecule has 5 nitrogen and oxygen atoms in total. The van der Waals surface area contributed by atoms with Crippen molar-refractivity contribution in [3.05, 3.63) is 194 Å². The third-order valence-electron chi connectivity index (χ3n) is 11.4. The lowest BCUT2D eigenvalue weighted by atomic mass is 10.0.